The standard InChI is InChI=1S/C12H12FNO3/c13-9-3-1-8(2-4-9)5-11-14-10(7-17-11)6-12(15)16/h1-4,10H,5-7H2,(H,15,16). The SMILES string of the molecule is O=C(O)CC1COC(Cc2ccc(F)cc2)=N1. The number of carbonyl (C=O) groups is 1. The van der Waals surface area contributed by atoms with Gasteiger partial charge in [-0.2, -0.15) is 0 Å². The Morgan fingerprint density at radius 1 is 1.47 bits per heavy atom. The molecule has 0 radical (unpaired) electrons. The van der Waals surface area contributed by atoms with E-state index in [1.54, 1.807) is 12.1 Å². The predicted octanol–water partition coefficient (Wildman–Crippen LogP) is 1.64. The first-order valence-corrected chi connectivity index (χ1v) is 5.29. The molecule has 1 aromatic rings. The summed E-state index contributed by atoms with van der Waals surface area (Å²) in [5.41, 5.74) is 0.890. The molecule has 0 spiro atoms. The number of rotatable bonds is 4. The van der Waals surface area contributed by atoms with Crippen LogP contribution < -0.4 is 0 Å². The Morgan fingerprint density at radius 2 is 2.18 bits per heavy atom. The number of aliphatic carboxylic acids is 1. The summed E-state index contributed by atoms with van der Waals surface area (Å²) in [7, 11) is 0. The second-order valence-corrected chi connectivity index (χ2v) is 3.89. The van der Waals surface area contributed by atoms with Crippen molar-refractivity contribution in [2.75, 3.05) is 6.61 Å². The molecule has 1 aromatic carbocycles. The normalized spacial score (nSPS) is 18.6. The summed E-state index contributed by atoms with van der Waals surface area (Å²) in [6.07, 6.45) is 0.448. The zero-order valence-corrected chi connectivity index (χ0v) is 9.10. The molecule has 0 bridgehead atoms. The van der Waals surface area contributed by atoms with Crippen molar-refractivity contribution in [1.82, 2.24) is 0 Å². The minimum Gasteiger partial charge on any atom is -0.481 e. The molecule has 2 rings (SSSR count). The van der Waals surface area contributed by atoms with Crippen LogP contribution in [-0.2, 0) is 16.0 Å². The van der Waals surface area contributed by atoms with E-state index in [0.29, 0.717) is 18.9 Å². The summed E-state index contributed by atoms with van der Waals surface area (Å²) in [4.78, 5) is 14.7. The highest BCUT2D eigenvalue weighted by Crippen LogP contribution is 2.12. The fraction of sp³-hybridized carbons (Fsp3) is 0.333. The van der Waals surface area contributed by atoms with Crippen molar-refractivity contribution < 1.29 is 19.0 Å². The highest BCUT2D eigenvalue weighted by atomic mass is 19.1. The van der Waals surface area contributed by atoms with Crippen molar-refractivity contribution >= 4 is 11.9 Å². The predicted molar refractivity (Wildman–Crippen MR) is 59.5 cm³/mol. The van der Waals surface area contributed by atoms with Crippen LogP contribution >= 0.6 is 0 Å². The van der Waals surface area contributed by atoms with Gasteiger partial charge in [-0.15, -0.1) is 0 Å². The molecule has 0 fully saturated rings. The largest absolute Gasteiger partial charge is 0.481 e. The van der Waals surface area contributed by atoms with Crippen LogP contribution in [-0.4, -0.2) is 29.6 Å². The molecule has 0 aliphatic carbocycles. The molecule has 1 aliphatic heterocycles. The molecule has 0 saturated carbocycles. The fourth-order valence-corrected chi connectivity index (χ4v) is 1.65. The maximum atomic E-state index is 12.7. The maximum Gasteiger partial charge on any atom is 0.305 e. The van der Waals surface area contributed by atoms with E-state index in [-0.39, 0.29) is 18.3 Å². The lowest BCUT2D eigenvalue weighted by atomic mass is 10.1. The Bertz CT molecular complexity index is 442. The van der Waals surface area contributed by atoms with Crippen LogP contribution in [0.5, 0.6) is 0 Å². The van der Waals surface area contributed by atoms with E-state index in [4.69, 9.17) is 9.84 Å². The lowest BCUT2D eigenvalue weighted by molar-refractivity contribution is -0.137. The van der Waals surface area contributed by atoms with Crippen LogP contribution in [0.4, 0.5) is 4.39 Å². The van der Waals surface area contributed by atoms with Gasteiger partial charge in [0.25, 0.3) is 0 Å². The molecule has 1 atom stereocenters. The van der Waals surface area contributed by atoms with Gasteiger partial charge < -0.3 is 9.84 Å². The summed E-state index contributed by atoms with van der Waals surface area (Å²) >= 11 is 0. The Labute approximate surface area is 97.7 Å². The molecule has 1 unspecified atom stereocenters. The van der Waals surface area contributed by atoms with Crippen molar-refractivity contribution in [3.8, 4) is 0 Å². The Balaban J connectivity index is 1.96. The minimum atomic E-state index is -0.884. The average molecular weight is 237 g/mol. The molecule has 0 amide bonds. The van der Waals surface area contributed by atoms with Gasteiger partial charge in [-0.25, -0.2) is 9.38 Å². The van der Waals surface area contributed by atoms with E-state index in [9.17, 15) is 9.18 Å². The number of carboxylic acids is 1. The van der Waals surface area contributed by atoms with Crippen molar-refractivity contribution in [2.24, 2.45) is 4.99 Å². The molecule has 1 N–H and O–H groups in total. The number of ether oxygens (including phenoxy) is 1. The van der Waals surface area contributed by atoms with Crippen LogP contribution in [0.25, 0.3) is 0 Å². The van der Waals surface area contributed by atoms with Gasteiger partial charge in [0.05, 0.1) is 12.5 Å². The summed E-state index contributed by atoms with van der Waals surface area (Å²) in [5.74, 6) is -0.653. The van der Waals surface area contributed by atoms with Gasteiger partial charge >= 0.3 is 5.97 Å². The molecule has 90 valence electrons. The first-order chi connectivity index (χ1) is 8.13. The van der Waals surface area contributed by atoms with Gasteiger partial charge in [0, 0.05) is 6.42 Å². The third-order valence-electron chi connectivity index (χ3n) is 2.45. The van der Waals surface area contributed by atoms with E-state index in [0.717, 1.165) is 5.56 Å². The lowest BCUT2D eigenvalue weighted by Gasteiger charge is -2.01. The van der Waals surface area contributed by atoms with Gasteiger partial charge in [-0.3, -0.25) is 4.79 Å². The van der Waals surface area contributed by atoms with Crippen LogP contribution in [0.3, 0.4) is 0 Å². The van der Waals surface area contributed by atoms with Gasteiger partial charge in [0.1, 0.15) is 12.4 Å². The average Bonchev–Trinajstić information content (AvgIpc) is 2.68. The van der Waals surface area contributed by atoms with E-state index in [1.165, 1.54) is 12.1 Å². The molecule has 4 nitrogen and oxygen atoms in total. The number of nitrogens with zero attached hydrogens (tertiary/aromatic N) is 1. The quantitative estimate of drug-likeness (QED) is 0.866. The molecule has 1 aliphatic rings. The molecular formula is C12H12FNO3. The molecule has 1 heterocycles. The molecular weight excluding hydrogens is 225 g/mol. The first kappa shape index (κ1) is 11.6. The van der Waals surface area contributed by atoms with E-state index in [2.05, 4.69) is 4.99 Å². The maximum absolute atomic E-state index is 12.7. The van der Waals surface area contributed by atoms with Gasteiger partial charge in [0.15, 0.2) is 5.90 Å². The van der Waals surface area contributed by atoms with Crippen LogP contribution in [0.2, 0.25) is 0 Å². The summed E-state index contributed by atoms with van der Waals surface area (Å²) in [6, 6.07) is 5.76. The fourth-order valence-electron chi connectivity index (χ4n) is 1.65. The number of hydrogen-bond donors (Lipinski definition) is 1. The monoisotopic (exact) mass is 237 g/mol. The third-order valence-corrected chi connectivity index (χ3v) is 2.45. The smallest absolute Gasteiger partial charge is 0.305 e. The van der Waals surface area contributed by atoms with Crippen LogP contribution in [0.15, 0.2) is 29.3 Å². The number of benzene rings is 1. The van der Waals surface area contributed by atoms with Gasteiger partial charge in [-0.05, 0) is 17.7 Å². The first-order valence-electron chi connectivity index (χ1n) is 5.29. The molecule has 0 aromatic heterocycles. The Kier molecular flexibility index (Phi) is 3.37. The van der Waals surface area contributed by atoms with Gasteiger partial charge in [-0.1, -0.05) is 12.1 Å². The molecule has 17 heavy (non-hydrogen) atoms. The van der Waals surface area contributed by atoms with E-state index >= 15 is 0 Å². The van der Waals surface area contributed by atoms with E-state index in [1.807, 2.05) is 0 Å². The zero-order chi connectivity index (χ0) is 12.3. The topological polar surface area (TPSA) is 58.9 Å². The molecule has 5 heteroatoms. The second kappa shape index (κ2) is 4.95. The highest BCUT2D eigenvalue weighted by molar-refractivity contribution is 5.81. The Hall–Kier alpha value is -1.91. The van der Waals surface area contributed by atoms with Crippen molar-refractivity contribution in [3.05, 3.63) is 35.6 Å². The summed E-state index contributed by atoms with van der Waals surface area (Å²) < 4.78 is 18.0. The van der Waals surface area contributed by atoms with Gasteiger partial charge in [0.2, 0.25) is 0 Å². The number of carboxylic acid groups (broad SMARTS) is 1. The van der Waals surface area contributed by atoms with Crippen LogP contribution in [0, 0.1) is 5.82 Å². The third kappa shape index (κ3) is 3.27. The number of halogens is 1. The van der Waals surface area contributed by atoms with Crippen LogP contribution in [0.1, 0.15) is 12.0 Å². The number of aliphatic imine (C=N–C) groups is 1. The summed E-state index contributed by atoms with van der Waals surface area (Å²) in [6.45, 7) is 0.308. The van der Waals surface area contributed by atoms with Crippen molar-refractivity contribution in [2.45, 2.75) is 18.9 Å². The van der Waals surface area contributed by atoms with Crippen molar-refractivity contribution in [3.63, 3.8) is 0 Å². The lowest BCUT2D eigenvalue weighted by Crippen LogP contribution is -2.12. The van der Waals surface area contributed by atoms with Crippen molar-refractivity contribution in [1.29, 1.82) is 0 Å². The zero-order valence-electron chi connectivity index (χ0n) is 9.10. The number of hydrogen-bond acceptors (Lipinski definition) is 3. The van der Waals surface area contributed by atoms with E-state index < -0.39 is 5.97 Å². The molecule has 0 saturated heterocycles. The minimum absolute atomic E-state index is 0.0209. The highest BCUT2D eigenvalue weighted by Gasteiger charge is 2.21. The Morgan fingerprint density at radius 3 is 2.82 bits per heavy atom. The summed E-state index contributed by atoms with van der Waals surface area (Å²) in [5, 5.41) is 8.61. The second-order valence-electron chi connectivity index (χ2n) is 3.89.